The van der Waals surface area contributed by atoms with Crippen molar-refractivity contribution in [3.8, 4) is 5.75 Å². The number of aliphatic imine (C=N–C) groups is 1. The van der Waals surface area contributed by atoms with E-state index in [9.17, 15) is 15.0 Å². The zero-order valence-corrected chi connectivity index (χ0v) is 17.0. The van der Waals surface area contributed by atoms with Crippen LogP contribution in [0.3, 0.4) is 0 Å². The maximum absolute atomic E-state index is 11.7. The number of aromatic hydroxyl groups is 1. The van der Waals surface area contributed by atoms with Gasteiger partial charge in [0.05, 0.1) is 10.2 Å². The third kappa shape index (κ3) is 3.50. The van der Waals surface area contributed by atoms with E-state index in [0.29, 0.717) is 12.3 Å². The summed E-state index contributed by atoms with van der Waals surface area (Å²) in [6.45, 7) is 2.73. The summed E-state index contributed by atoms with van der Waals surface area (Å²) in [5, 5.41) is 20.9. The van der Waals surface area contributed by atoms with Gasteiger partial charge in [-0.2, -0.15) is 0 Å². The molecule has 1 unspecified atom stereocenters. The van der Waals surface area contributed by atoms with Gasteiger partial charge in [-0.1, -0.05) is 37.3 Å². The molecule has 28 heavy (non-hydrogen) atoms. The molecule has 0 fully saturated rings. The van der Waals surface area contributed by atoms with Gasteiger partial charge in [0, 0.05) is 12.3 Å². The lowest BCUT2D eigenvalue weighted by Gasteiger charge is -2.36. The molecular weight excluding hydrogens is 394 g/mol. The van der Waals surface area contributed by atoms with Gasteiger partial charge < -0.3 is 10.2 Å². The average molecular weight is 416 g/mol. The molecule has 8 heteroatoms. The van der Waals surface area contributed by atoms with E-state index >= 15 is 0 Å². The van der Waals surface area contributed by atoms with Crippen LogP contribution in [0.25, 0.3) is 10.2 Å². The van der Waals surface area contributed by atoms with Gasteiger partial charge in [-0.25, -0.2) is 9.78 Å². The number of nitrogens with one attached hydrogen (secondary N) is 1. The molecule has 0 amide bonds. The molecule has 4 rings (SSSR count). The van der Waals surface area contributed by atoms with Crippen LogP contribution < -0.4 is 4.72 Å². The smallest absolute Gasteiger partial charge is 0.329 e. The standard InChI is InChI=1S/C20H21N3O3S2/c1-2-28(21-11-13-6-4-3-5-7-13)12-16(20(25)26)23-19(28)18-22-15-9-8-14(24)10-17(15)27-18/h3-10,16,21,24H,2,11-12H2,1H3,(H,25,26)/t16-/m1/s1. The molecule has 0 bridgehead atoms. The van der Waals surface area contributed by atoms with E-state index in [1.54, 1.807) is 18.2 Å². The predicted octanol–water partition coefficient (Wildman–Crippen LogP) is 3.74. The SMILES string of the molecule is CCS1(NCc2ccccc2)C[C@H](C(=O)O)N=C1c1nc2ccc(O)cc2s1. The minimum absolute atomic E-state index is 0.191. The Bertz CT molecular complexity index is 1050. The molecule has 2 heterocycles. The van der Waals surface area contributed by atoms with Crippen molar-refractivity contribution in [2.45, 2.75) is 19.5 Å². The summed E-state index contributed by atoms with van der Waals surface area (Å²) in [5.74, 6) is 0.544. The number of thiazole rings is 1. The van der Waals surface area contributed by atoms with Crippen LogP contribution in [0.5, 0.6) is 5.75 Å². The van der Waals surface area contributed by atoms with Gasteiger partial charge >= 0.3 is 5.97 Å². The minimum atomic E-state index is -1.64. The minimum Gasteiger partial charge on any atom is -0.508 e. The van der Waals surface area contributed by atoms with E-state index in [-0.39, 0.29) is 5.75 Å². The number of fused-ring (bicyclic) bond motifs is 1. The molecule has 0 aliphatic carbocycles. The Balaban J connectivity index is 1.72. The molecule has 1 aliphatic rings. The van der Waals surface area contributed by atoms with E-state index < -0.39 is 22.2 Å². The number of aromatic nitrogens is 1. The molecular formula is C20H21N3O3S2. The number of carboxylic acid groups (broad SMARTS) is 1. The molecule has 0 saturated carbocycles. The molecule has 0 saturated heterocycles. The first-order valence-electron chi connectivity index (χ1n) is 8.98. The highest BCUT2D eigenvalue weighted by Crippen LogP contribution is 2.53. The topological polar surface area (TPSA) is 94.8 Å². The van der Waals surface area contributed by atoms with Crippen molar-refractivity contribution < 1.29 is 15.0 Å². The molecule has 1 aliphatic heterocycles. The summed E-state index contributed by atoms with van der Waals surface area (Å²) in [7, 11) is -1.64. The summed E-state index contributed by atoms with van der Waals surface area (Å²) in [4.78, 5) is 21.0. The van der Waals surface area contributed by atoms with Gasteiger partial charge in [0.25, 0.3) is 0 Å². The van der Waals surface area contributed by atoms with E-state index in [1.165, 1.54) is 11.3 Å². The largest absolute Gasteiger partial charge is 0.508 e. The Hall–Kier alpha value is -2.42. The lowest BCUT2D eigenvalue weighted by Crippen LogP contribution is -2.32. The quantitative estimate of drug-likeness (QED) is 0.570. The molecule has 0 spiro atoms. The first kappa shape index (κ1) is 18.9. The highest BCUT2D eigenvalue weighted by atomic mass is 32.3. The fraction of sp³-hybridized carbons (Fsp3) is 0.250. The second kappa shape index (κ2) is 7.54. The number of aliphatic carboxylic acids is 1. The van der Waals surface area contributed by atoms with Crippen molar-refractivity contribution in [2.24, 2.45) is 4.99 Å². The molecule has 0 radical (unpaired) electrons. The predicted molar refractivity (Wildman–Crippen MR) is 116 cm³/mol. The average Bonchev–Trinajstić information content (AvgIpc) is 3.28. The van der Waals surface area contributed by atoms with Gasteiger partial charge in [-0.05, 0) is 29.5 Å². The van der Waals surface area contributed by atoms with Crippen LogP contribution in [-0.2, 0) is 11.3 Å². The van der Waals surface area contributed by atoms with Crippen molar-refractivity contribution in [1.82, 2.24) is 9.71 Å². The number of benzene rings is 2. The van der Waals surface area contributed by atoms with Gasteiger partial charge in [0.2, 0.25) is 0 Å². The Morgan fingerprint density at radius 1 is 1.29 bits per heavy atom. The summed E-state index contributed by atoms with van der Waals surface area (Å²) in [6.07, 6.45) is 0. The molecule has 146 valence electrons. The molecule has 2 aromatic carbocycles. The zero-order chi connectivity index (χ0) is 19.7. The Kier molecular flexibility index (Phi) is 5.09. The maximum Gasteiger partial charge on any atom is 0.329 e. The number of carboxylic acids is 1. The Morgan fingerprint density at radius 3 is 2.79 bits per heavy atom. The van der Waals surface area contributed by atoms with Crippen LogP contribution in [0, 0.1) is 0 Å². The van der Waals surface area contributed by atoms with E-state index in [0.717, 1.165) is 31.6 Å². The van der Waals surface area contributed by atoms with Crippen molar-refractivity contribution in [3.63, 3.8) is 0 Å². The monoisotopic (exact) mass is 415 g/mol. The van der Waals surface area contributed by atoms with E-state index in [4.69, 9.17) is 4.98 Å². The van der Waals surface area contributed by atoms with E-state index in [2.05, 4.69) is 28.8 Å². The van der Waals surface area contributed by atoms with Gasteiger partial charge in [0.15, 0.2) is 6.04 Å². The number of hydrogen-bond donors (Lipinski definition) is 3. The van der Waals surface area contributed by atoms with Crippen LogP contribution in [0.4, 0.5) is 0 Å². The van der Waals surface area contributed by atoms with Crippen LogP contribution in [0.1, 0.15) is 17.5 Å². The third-order valence-electron chi connectivity index (χ3n) is 4.81. The molecule has 1 aromatic heterocycles. The number of phenols is 1. The van der Waals surface area contributed by atoms with Crippen molar-refractivity contribution in [3.05, 3.63) is 59.1 Å². The molecule has 3 aromatic rings. The van der Waals surface area contributed by atoms with Crippen molar-refractivity contribution >= 4 is 42.8 Å². The number of rotatable bonds is 6. The number of carbonyl (C=O) groups is 1. The number of nitrogens with zero attached hydrogens (tertiary/aromatic N) is 2. The zero-order valence-electron chi connectivity index (χ0n) is 15.3. The fourth-order valence-corrected chi connectivity index (χ4v) is 7.81. The number of hydrogen-bond acceptors (Lipinski definition) is 6. The first-order chi connectivity index (χ1) is 13.5. The highest BCUT2D eigenvalue weighted by Gasteiger charge is 2.42. The van der Waals surface area contributed by atoms with Crippen LogP contribution in [0.2, 0.25) is 0 Å². The summed E-state index contributed by atoms with van der Waals surface area (Å²) in [6, 6.07) is 14.4. The second-order valence-electron chi connectivity index (χ2n) is 6.60. The van der Waals surface area contributed by atoms with E-state index in [1.807, 2.05) is 18.2 Å². The maximum atomic E-state index is 11.7. The summed E-state index contributed by atoms with van der Waals surface area (Å²) >= 11 is 1.45. The van der Waals surface area contributed by atoms with Crippen LogP contribution >= 0.6 is 21.6 Å². The molecule has 6 nitrogen and oxygen atoms in total. The molecule has 3 N–H and O–H groups in total. The summed E-state index contributed by atoms with van der Waals surface area (Å²) in [5.41, 5.74) is 1.93. The van der Waals surface area contributed by atoms with Gasteiger partial charge in [0.1, 0.15) is 15.8 Å². The lowest BCUT2D eigenvalue weighted by atomic mass is 10.2. The van der Waals surface area contributed by atoms with Gasteiger partial charge in [-0.3, -0.25) is 9.71 Å². The Labute approximate surface area is 168 Å². The molecule has 2 atom stereocenters. The normalized spacial score (nSPS) is 24.0. The third-order valence-corrected chi connectivity index (χ3v) is 9.57. The second-order valence-corrected chi connectivity index (χ2v) is 11.0. The van der Waals surface area contributed by atoms with Gasteiger partial charge in [-0.15, -0.1) is 21.6 Å². The highest BCUT2D eigenvalue weighted by molar-refractivity contribution is 8.44. The Morgan fingerprint density at radius 2 is 2.07 bits per heavy atom. The van der Waals surface area contributed by atoms with Crippen molar-refractivity contribution in [2.75, 3.05) is 11.5 Å². The van der Waals surface area contributed by atoms with Crippen LogP contribution in [-0.4, -0.2) is 43.8 Å². The number of phenolic OH excluding ortho intramolecular Hbond substituents is 1. The van der Waals surface area contributed by atoms with Crippen molar-refractivity contribution in [1.29, 1.82) is 0 Å². The lowest BCUT2D eigenvalue weighted by molar-refractivity contribution is -0.137. The van der Waals surface area contributed by atoms with Crippen LogP contribution in [0.15, 0.2) is 53.5 Å². The first-order valence-corrected chi connectivity index (χ1v) is 11.8. The summed E-state index contributed by atoms with van der Waals surface area (Å²) < 4.78 is 4.52. The fourth-order valence-electron chi connectivity index (χ4n) is 3.28.